The number of sulfonamides is 1. The smallest absolute Gasteiger partial charge is 0.277 e. The number of oxazole rings is 1. The molecule has 0 aliphatic carbocycles. The van der Waals surface area contributed by atoms with Gasteiger partial charge in [0, 0.05) is 17.8 Å². The average molecular weight is 368 g/mol. The van der Waals surface area contributed by atoms with Gasteiger partial charge in [0.1, 0.15) is 6.07 Å². The summed E-state index contributed by atoms with van der Waals surface area (Å²) in [6.07, 6.45) is 0. The molecule has 7 nitrogen and oxygen atoms in total. The molecule has 132 valence electrons. The van der Waals surface area contributed by atoms with Crippen molar-refractivity contribution in [2.75, 3.05) is 5.73 Å². The minimum absolute atomic E-state index is 0.0273. The largest absolute Gasteiger partial charge is 0.422 e. The second-order valence-electron chi connectivity index (χ2n) is 5.66. The minimum atomic E-state index is -4.07. The van der Waals surface area contributed by atoms with E-state index in [9.17, 15) is 13.7 Å². The predicted octanol–water partition coefficient (Wildman–Crippen LogP) is 2.58. The number of benzene rings is 2. The van der Waals surface area contributed by atoms with E-state index >= 15 is 0 Å². The summed E-state index contributed by atoms with van der Waals surface area (Å²) in [4.78, 5) is 4.00. The van der Waals surface area contributed by atoms with Gasteiger partial charge >= 0.3 is 0 Å². The van der Waals surface area contributed by atoms with Crippen molar-refractivity contribution in [3.63, 3.8) is 0 Å². The third kappa shape index (κ3) is 3.59. The van der Waals surface area contributed by atoms with Crippen LogP contribution in [0.15, 0.2) is 58.0 Å². The summed E-state index contributed by atoms with van der Waals surface area (Å²) in [7, 11) is -4.07. The molecule has 8 heteroatoms. The Kier molecular flexibility index (Phi) is 4.75. The Hall–Kier alpha value is -3.15. The van der Waals surface area contributed by atoms with E-state index in [2.05, 4.69) is 9.71 Å². The number of aromatic nitrogens is 1. The predicted molar refractivity (Wildman–Crippen MR) is 96.3 cm³/mol. The molecule has 0 radical (unpaired) electrons. The second kappa shape index (κ2) is 7.00. The fourth-order valence-corrected chi connectivity index (χ4v) is 3.32. The number of nitrogens with one attached hydrogen (secondary N) is 1. The lowest BCUT2D eigenvalue weighted by atomic mass is 10.1. The van der Waals surface area contributed by atoms with Crippen LogP contribution in [-0.2, 0) is 16.6 Å². The molecule has 0 amide bonds. The first-order valence-corrected chi connectivity index (χ1v) is 9.20. The van der Waals surface area contributed by atoms with Gasteiger partial charge in [-0.2, -0.15) is 10.2 Å². The van der Waals surface area contributed by atoms with Gasteiger partial charge < -0.3 is 10.2 Å². The van der Waals surface area contributed by atoms with Gasteiger partial charge in [0.25, 0.3) is 15.1 Å². The molecule has 0 spiro atoms. The van der Waals surface area contributed by atoms with Crippen LogP contribution >= 0.6 is 0 Å². The van der Waals surface area contributed by atoms with Gasteiger partial charge in [-0.3, -0.25) is 0 Å². The zero-order valence-corrected chi connectivity index (χ0v) is 14.7. The molecule has 1 aromatic heterocycles. The molecule has 26 heavy (non-hydrogen) atoms. The zero-order chi connectivity index (χ0) is 18.7. The highest BCUT2D eigenvalue weighted by molar-refractivity contribution is 7.89. The highest BCUT2D eigenvalue weighted by Gasteiger charge is 2.26. The first kappa shape index (κ1) is 17.7. The van der Waals surface area contributed by atoms with Crippen molar-refractivity contribution in [1.82, 2.24) is 9.71 Å². The van der Waals surface area contributed by atoms with E-state index in [1.807, 2.05) is 19.1 Å². The van der Waals surface area contributed by atoms with Crippen molar-refractivity contribution in [3.8, 4) is 17.5 Å². The summed E-state index contributed by atoms with van der Waals surface area (Å²) in [6, 6.07) is 15.8. The third-order valence-electron chi connectivity index (χ3n) is 3.75. The standard InChI is InChI=1S/C18H16N4O3S/c1-12-6-8-13(9-7-12)17-22-16(10-19)18(25-17)26(23,24)21-11-14-4-2-3-5-15(14)20/h2-9,21H,11,20H2,1H3. The van der Waals surface area contributed by atoms with E-state index in [1.165, 1.54) is 0 Å². The minimum Gasteiger partial charge on any atom is -0.422 e. The molecule has 0 atom stereocenters. The van der Waals surface area contributed by atoms with Crippen molar-refractivity contribution >= 4 is 15.7 Å². The molecule has 1 heterocycles. The van der Waals surface area contributed by atoms with Crippen LogP contribution in [0.4, 0.5) is 5.69 Å². The van der Waals surface area contributed by atoms with E-state index in [1.54, 1.807) is 42.5 Å². The maximum absolute atomic E-state index is 12.6. The molecule has 3 N–H and O–H groups in total. The molecule has 0 unspecified atom stereocenters. The van der Waals surface area contributed by atoms with Gasteiger partial charge in [0.2, 0.25) is 5.89 Å². The van der Waals surface area contributed by atoms with E-state index in [0.717, 1.165) is 5.56 Å². The summed E-state index contributed by atoms with van der Waals surface area (Å²) in [6.45, 7) is 1.90. The number of hydrogen-bond donors (Lipinski definition) is 2. The second-order valence-corrected chi connectivity index (χ2v) is 7.32. The van der Waals surface area contributed by atoms with Crippen molar-refractivity contribution in [2.24, 2.45) is 0 Å². The van der Waals surface area contributed by atoms with E-state index in [0.29, 0.717) is 16.8 Å². The van der Waals surface area contributed by atoms with Gasteiger partial charge in [0.05, 0.1) is 0 Å². The van der Waals surface area contributed by atoms with Gasteiger partial charge in [-0.1, -0.05) is 35.9 Å². The van der Waals surface area contributed by atoms with Gasteiger partial charge in [-0.15, -0.1) is 0 Å². The monoisotopic (exact) mass is 368 g/mol. The SMILES string of the molecule is Cc1ccc(-c2nc(C#N)c(S(=O)(=O)NCc3ccccc3N)o2)cc1. The van der Waals surface area contributed by atoms with E-state index in [-0.39, 0.29) is 18.1 Å². The number of nitrogen functional groups attached to an aromatic ring is 1. The van der Waals surface area contributed by atoms with Crippen LogP contribution in [0.5, 0.6) is 0 Å². The maximum Gasteiger partial charge on any atom is 0.277 e. The van der Waals surface area contributed by atoms with Crippen molar-refractivity contribution in [3.05, 3.63) is 65.4 Å². The molecule has 3 aromatic rings. The van der Waals surface area contributed by atoms with Crippen LogP contribution in [-0.4, -0.2) is 13.4 Å². The Morgan fingerprint density at radius 1 is 1.19 bits per heavy atom. The number of anilines is 1. The lowest BCUT2D eigenvalue weighted by Gasteiger charge is -2.06. The van der Waals surface area contributed by atoms with Gasteiger partial charge in [-0.05, 0) is 30.7 Å². The summed E-state index contributed by atoms with van der Waals surface area (Å²) < 4.78 is 32.9. The summed E-state index contributed by atoms with van der Waals surface area (Å²) in [5.74, 6) is 0.0705. The molecule has 0 aliphatic heterocycles. The number of hydrogen-bond acceptors (Lipinski definition) is 6. The molecule has 0 fully saturated rings. The summed E-state index contributed by atoms with van der Waals surface area (Å²) in [5.41, 5.74) is 8.22. The quantitative estimate of drug-likeness (QED) is 0.668. The highest BCUT2D eigenvalue weighted by atomic mass is 32.2. The molecular formula is C18H16N4O3S. The van der Waals surface area contributed by atoms with Crippen LogP contribution in [0, 0.1) is 18.3 Å². The Morgan fingerprint density at radius 2 is 1.88 bits per heavy atom. The average Bonchev–Trinajstić information content (AvgIpc) is 3.07. The van der Waals surface area contributed by atoms with E-state index < -0.39 is 15.1 Å². The third-order valence-corrected chi connectivity index (χ3v) is 5.04. The first-order valence-electron chi connectivity index (χ1n) is 7.72. The van der Waals surface area contributed by atoms with E-state index in [4.69, 9.17) is 10.2 Å². The highest BCUT2D eigenvalue weighted by Crippen LogP contribution is 2.25. The van der Waals surface area contributed by atoms with Crippen molar-refractivity contribution in [1.29, 1.82) is 5.26 Å². The fourth-order valence-electron chi connectivity index (χ4n) is 2.31. The molecule has 0 saturated carbocycles. The fraction of sp³-hybridized carbons (Fsp3) is 0.111. The summed E-state index contributed by atoms with van der Waals surface area (Å²) in [5, 5.41) is 8.72. The summed E-state index contributed by atoms with van der Waals surface area (Å²) >= 11 is 0. The topological polar surface area (TPSA) is 122 Å². The molecular weight excluding hydrogens is 352 g/mol. The van der Waals surface area contributed by atoms with Crippen LogP contribution in [0.1, 0.15) is 16.8 Å². The lowest BCUT2D eigenvalue weighted by molar-refractivity contribution is 0.452. The first-order chi connectivity index (χ1) is 12.4. The van der Waals surface area contributed by atoms with Gasteiger partial charge in [-0.25, -0.2) is 13.1 Å². The number of para-hydroxylation sites is 1. The number of nitriles is 1. The molecule has 0 saturated heterocycles. The number of rotatable bonds is 5. The van der Waals surface area contributed by atoms with Crippen LogP contribution in [0.25, 0.3) is 11.5 Å². The number of nitrogens with two attached hydrogens (primary N) is 1. The van der Waals surface area contributed by atoms with Crippen LogP contribution in [0.3, 0.4) is 0 Å². The van der Waals surface area contributed by atoms with Crippen molar-refractivity contribution < 1.29 is 12.8 Å². The molecule has 0 bridgehead atoms. The Balaban J connectivity index is 1.91. The molecule has 2 aromatic carbocycles. The molecule has 0 aliphatic rings. The Labute approximate surface area is 151 Å². The lowest BCUT2D eigenvalue weighted by Crippen LogP contribution is -2.24. The Bertz CT molecular complexity index is 1080. The maximum atomic E-state index is 12.6. The van der Waals surface area contributed by atoms with Crippen molar-refractivity contribution in [2.45, 2.75) is 18.6 Å². The van der Waals surface area contributed by atoms with Gasteiger partial charge in [0.15, 0.2) is 5.69 Å². The normalized spacial score (nSPS) is 11.2. The Morgan fingerprint density at radius 3 is 2.54 bits per heavy atom. The van der Waals surface area contributed by atoms with Crippen LogP contribution in [0.2, 0.25) is 0 Å². The number of aryl methyl sites for hydroxylation is 1. The van der Waals surface area contributed by atoms with Crippen LogP contribution < -0.4 is 10.5 Å². The zero-order valence-electron chi connectivity index (χ0n) is 13.9. The molecule has 3 rings (SSSR count). The number of nitrogens with zero attached hydrogens (tertiary/aromatic N) is 2.